The normalized spacial score (nSPS) is 11.5. The van der Waals surface area contributed by atoms with Gasteiger partial charge in [0, 0.05) is 27.4 Å². The lowest BCUT2D eigenvalue weighted by Gasteiger charge is -2.26. The van der Waals surface area contributed by atoms with Gasteiger partial charge in [-0.3, -0.25) is 23.9 Å². The lowest BCUT2D eigenvalue weighted by molar-refractivity contribution is -0.385. The Morgan fingerprint density at radius 1 is 0.886 bits per heavy atom. The van der Waals surface area contributed by atoms with Crippen LogP contribution < -0.4 is 19.1 Å². The van der Waals surface area contributed by atoms with Gasteiger partial charge < -0.3 is 10.1 Å². The van der Waals surface area contributed by atoms with Crippen LogP contribution >= 0.6 is 23.2 Å². The number of hydrogen-bond acceptors (Lipinski definition) is 8. The van der Waals surface area contributed by atoms with E-state index in [4.69, 9.17) is 27.9 Å². The molecule has 4 aromatic rings. The van der Waals surface area contributed by atoms with Crippen LogP contribution in [-0.2, 0) is 24.8 Å². The van der Waals surface area contributed by atoms with Crippen molar-refractivity contribution in [3.05, 3.63) is 111 Å². The van der Waals surface area contributed by atoms with Gasteiger partial charge >= 0.3 is 0 Å². The van der Waals surface area contributed by atoms with E-state index < -0.39 is 48.0 Å². The molecule has 0 aliphatic heterocycles. The van der Waals surface area contributed by atoms with E-state index in [2.05, 4.69) is 10.0 Å². The second-order valence-electron chi connectivity index (χ2n) is 9.22. The Balaban J connectivity index is 1.63. The minimum absolute atomic E-state index is 0.0640. The van der Waals surface area contributed by atoms with Gasteiger partial charge in [0.05, 0.1) is 33.2 Å². The number of nitro groups is 1. The Hall–Kier alpha value is -4.37. The van der Waals surface area contributed by atoms with Gasteiger partial charge in [0.2, 0.25) is 5.91 Å². The molecule has 2 N–H and O–H groups in total. The molecular formula is C28H24Cl2N4O8S2. The molecule has 12 nitrogen and oxygen atoms in total. The predicted molar refractivity (Wildman–Crippen MR) is 168 cm³/mol. The van der Waals surface area contributed by atoms with Crippen LogP contribution in [0.3, 0.4) is 0 Å². The predicted octanol–water partition coefficient (Wildman–Crippen LogP) is 5.85. The number of rotatable bonds is 11. The van der Waals surface area contributed by atoms with Crippen LogP contribution in [0.25, 0.3) is 0 Å². The van der Waals surface area contributed by atoms with Crippen molar-refractivity contribution in [2.24, 2.45) is 0 Å². The third-order valence-corrected chi connectivity index (χ3v) is 9.81. The number of benzene rings is 4. The average Bonchev–Trinajstić information content (AvgIpc) is 2.96. The number of methoxy groups -OCH3 is 1. The van der Waals surface area contributed by atoms with Crippen LogP contribution in [0.15, 0.2) is 94.7 Å². The SMILES string of the molecule is COc1ccc(Cl)cc1N(CC(=O)Nc1ccc(S(=O)(=O)Nc2cccc(Cl)c2)cc1)S(=O)(=O)c1ccc(C)c([N+](=O)[O-])c1. The van der Waals surface area contributed by atoms with Gasteiger partial charge in [-0.2, -0.15) is 0 Å². The lowest BCUT2D eigenvalue weighted by atomic mass is 10.2. The van der Waals surface area contributed by atoms with Crippen molar-refractivity contribution < 1.29 is 31.3 Å². The van der Waals surface area contributed by atoms with Gasteiger partial charge in [-0.05, 0) is 73.7 Å². The second kappa shape index (κ2) is 13.1. The summed E-state index contributed by atoms with van der Waals surface area (Å²) in [4.78, 5) is 23.5. The highest BCUT2D eigenvalue weighted by molar-refractivity contribution is 7.93. The van der Waals surface area contributed by atoms with E-state index in [9.17, 15) is 31.7 Å². The number of sulfonamides is 2. The summed E-state index contributed by atoms with van der Waals surface area (Å²) in [7, 11) is -7.28. The van der Waals surface area contributed by atoms with E-state index in [0.717, 1.165) is 10.4 Å². The number of nitro benzene ring substituents is 1. The number of nitrogens with zero attached hydrogens (tertiary/aromatic N) is 2. The molecule has 0 unspecified atom stereocenters. The zero-order chi connectivity index (χ0) is 32.2. The Morgan fingerprint density at radius 2 is 1.55 bits per heavy atom. The van der Waals surface area contributed by atoms with E-state index >= 15 is 0 Å². The largest absolute Gasteiger partial charge is 0.495 e. The molecule has 0 fully saturated rings. The first-order valence-electron chi connectivity index (χ1n) is 12.5. The molecule has 0 atom stereocenters. The number of nitrogens with one attached hydrogen (secondary N) is 2. The molecular weight excluding hydrogens is 655 g/mol. The maximum atomic E-state index is 13.9. The van der Waals surface area contributed by atoms with E-state index in [1.165, 1.54) is 80.8 Å². The second-order valence-corrected chi connectivity index (χ2v) is 13.6. The number of anilines is 3. The molecule has 16 heteroatoms. The highest BCUT2D eigenvalue weighted by Gasteiger charge is 2.31. The van der Waals surface area contributed by atoms with E-state index in [-0.39, 0.29) is 38.3 Å². The Morgan fingerprint density at radius 3 is 2.18 bits per heavy atom. The molecule has 0 saturated heterocycles. The van der Waals surface area contributed by atoms with Crippen molar-refractivity contribution in [3.63, 3.8) is 0 Å². The van der Waals surface area contributed by atoms with Gasteiger partial charge in [-0.15, -0.1) is 0 Å². The Labute approximate surface area is 263 Å². The molecule has 0 heterocycles. The molecule has 4 aromatic carbocycles. The van der Waals surface area contributed by atoms with Crippen molar-refractivity contribution in [1.82, 2.24) is 0 Å². The highest BCUT2D eigenvalue weighted by Crippen LogP contribution is 2.36. The van der Waals surface area contributed by atoms with Crippen LogP contribution in [0, 0.1) is 17.0 Å². The number of ether oxygens (including phenoxy) is 1. The average molecular weight is 680 g/mol. The lowest BCUT2D eigenvalue weighted by Crippen LogP contribution is -2.38. The highest BCUT2D eigenvalue weighted by atomic mass is 35.5. The zero-order valence-electron chi connectivity index (χ0n) is 23.0. The van der Waals surface area contributed by atoms with Gasteiger partial charge in [-0.1, -0.05) is 35.3 Å². The first-order valence-corrected chi connectivity index (χ1v) is 16.2. The van der Waals surface area contributed by atoms with Crippen LogP contribution in [0.2, 0.25) is 10.0 Å². The van der Waals surface area contributed by atoms with Crippen molar-refractivity contribution in [2.75, 3.05) is 28.0 Å². The minimum Gasteiger partial charge on any atom is -0.495 e. The first kappa shape index (κ1) is 32.5. The minimum atomic E-state index is -4.59. The number of aryl methyl sites for hydroxylation is 1. The zero-order valence-corrected chi connectivity index (χ0v) is 26.2. The van der Waals surface area contributed by atoms with E-state index in [1.807, 2.05) is 0 Å². The fourth-order valence-corrected chi connectivity index (χ4v) is 6.90. The monoisotopic (exact) mass is 678 g/mol. The quantitative estimate of drug-likeness (QED) is 0.147. The summed E-state index contributed by atoms with van der Waals surface area (Å²) in [6.07, 6.45) is 0. The topological polar surface area (TPSA) is 165 Å². The first-order chi connectivity index (χ1) is 20.7. The molecule has 0 bridgehead atoms. The summed E-state index contributed by atoms with van der Waals surface area (Å²) in [5.74, 6) is -0.751. The molecule has 4 rings (SSSR count). The summed E-state index contributed by atoms with van der Waals surface area (Å²) < 4.78 is 61.7. The molecule has 44 heavy (non-hydrogen) atoms. The molecule has 1 amide bonds. The molecule has 0 aromatic heterocycles. The number of halogens is 2. The van der Waals surface area contributed by atoms with Gasteiger partial charge in [0.15, 0.2) is 0 Å². The summed E-state index contributed by atoms with van der Waals surface area (Å²) in [5, 5.41) is 14.5. The molecule has 0 spiro atoms. The third-order valence-electron chi connectivity index (χ3n) is 6.19. The summed E-state index contributed by atoms with van der Waals surface area (Å²) >= 11 is 12.1. The number of carbonyl (C=O) groups excluding carboxylic acids is 1. The Kier molecular flexibility index (Phi) is 9.69. The molecule has 0 aliphatic carbocycles. The fourth-order valence-electron chi connectivity index (χ4n) is 4.05. The third kappa shape index (κ3) is 7.39. The molecule has 0 aliphatic rings. The van der Waals surface area contributed by atoms with E-state index in [0.29, 0.717) is 5.02 Å². The maximum absolute atomic E-state index is 13.9. The molecule has 230 valence electrons. The van der Waals surface area contributed by atoms with Gasteiger partial charge in [-0.25, -0.2) is 16.8 Å². The van der Waals surface area contributed by atoms with Crippen LogP contribution in [0.5, 0.6) is 5.75 Å². The number of amides is 1. The van der Waals surface area contributed by atoms with Crippen LogP contribution in [-0.4, -0.2) is 41.3 Å². The number of carbonyl (C=O) groups is 1. The van der Waals surface area contributed by atoms with Crippen molar-refractivity contribution in [2.45, 2.75) is 16.7 Å². The fraction of sp³-hybridized carbons (Fsp3) is 0.107. The Bertz CT molecular complexity index is 1950. The van der Waals surface area contributed by atoms with Gasteiger partial charge in [0.1, 0.15) is 12.3 Å². The van der Waals surface area contributed by atoms with Crippen molar-refractivity contribution in [1.29, 1.82) is 0 Å². The summed E-state index contributed by atoms with van der Waals surface area (Å²) in [6, 6.07) is 18.8. The van der Waals surface area contributed by atoms with Crippen LogP contribution in [0.1, 0.15) is 5.56 Å². The van der Waals surface area contributed by atoms with Crippen molar-refractivity contribution in [3.8, 4) is 5.75 Å². The summed E-state index contributed by atoms with van der Waals surface area (Å²) in [6.45, 7) is 0.667. The smallest absolute Gasteiger partial charge is 0.273 e. The van der Waals surface area contributed by atoms with Crippen molar-refractivity contribution >= 4 is 71.9 Å². The standard InChI is InChI=1S/C28H24Cl2N4O8S2/c1-18-6-10-24(16-25(18)34(36)37)44(40,41)33(26-15-20(30)7-13-27(26)42-2)17-28(35)31-21-8-11-23(12-9-21)43(38,39)32-22-5-3-4-19(29)14-22/h3-16,32H,17H2,1-2H3,(H,31,35). The number of hydrogen-bond donors (Lipinski definition) is 2. The maximum Gasteiger partial charge on any atom is 0.273 e. The molecule has 0 radical (unpaired) electrons. The van der Waals surface area contributed by atoms with Crippen LogP contribution in [0.4, 0.5) is 22.7 Å². The van der Waals surface area contributed by atoms with E-state index in [1.54, 1.807) is 12.1 Å². The van der Waals surface area contributed by atoms with Gasteiger partial charge in [0.25, 0.3) is 25.7 Å². The summed E-state index contributed by atoms with van der Waals surface area (Å²) in [5.41, 5.74) is 0.150. The molecule has 0 saturated carbocycles.